The van der Waals surface area contributed by atoms with Crippen LogP contribution in [0.25, 0.3) is 0 Å². The second-order valence-corrected chi connectivity index (χ2v) is 21.4. The molecule has 0 bridgehead atoms. The molecule has 0 radical (unpaired) electrons. The fraction of sp³-hybridized carbons (Fsp3) is 0.948. The van der Waals surface area contributed by atoms with Crippen LogP contribution < -0.4 is 0 Å². The van der Waals surface area contributed by atoms with Crippen molar-refractivity contribution in [2.75, 3.05) is 13.2 Å². The van der Waals surface area contributed by atoms with Crippen LogP contribution in [0.15, 0.2) is 0 Å². The molecule has 0 saturated carbocycles. The fourth-order valence-electron chi connectivity index (χ4n) is 8.82. The van der Waals surface area contributed by atoms with Gasteiger partial charge in [0.25, 0.3) is 0 Å². The van der Waals surface area contributed by atoms with Gasteiger partial charge in [-0.1, -0.05) is 279 Å². The van der Waals surface area contributed by atoms with Crippen LogP contribution in [0.1, 0.15) is 318 Å². The molecule has 0 heterocycles. The van der Waals surface area contributed by atoms with Crippen LogP contribution in [0.4, 0.5) is 0 Å². The van der Waals surface area contributed by atoms with Crippen LogP contribution in [0, 0.1) is 17.8 Å². The standard InChI is InChI=1S/C58H112O6/c1-52(2)44-38-32-26-20-15-11-7-9-13-17-23-29-35-41-47-56(59)62-50-55(51-63-57(60)48-42-36-30-25-19-22-28-34-40-46-54(5)6)64-58(61)49-43-37-31-24-18-14-10-8-12-16-21-27-33-39-45-53(3)4/h52-55H,7-51H2,1-6H3/t55-/m1/s1. The summed E-state index contributed by atoms with van der Waals surface area (Å²) in [5.74, 6) is 1.65. The summed E-state index contributed by atoms with van der Waals surface area (Å²) in [7, 11) is 0. The topological polar surface area (TPSA) is 78.9 Å². The van der Waals surface area contributed by atoms with E-state index in [0.717, 1.165) is 75.5 Å². The van der Waals surface area contributed by atoms with Crippen molar-refractivity contribution < 1.29 is 28.6 Å². The molecular weight excluding hydrogens is 793 g/mol. The molecule has 0 N–H and O–H groups in total. The highest BCUT2D eigenvalue weighted by molar-refractivity contribution is 5.71. The molecule has 0 spiro atoms. The maximum absolute atomic E-state index is 12.8. The van der Waals surface area contributed by atoms with Gasteiger partial charge in [0, 0.05) is 19.3 Å². The van der Waals surface area contributed by atoms with E-state index in [0.29, 0.717) is 19.3 Å². The van der Waals surface area contributed by atoms with E-state index in [2.05, 4.69) is 41.5 Å². The normalized spacial score (nSPS) is 12.1. The van der Waals surface area contributed by atoms with E-state index < -0.39 is 6.10 Å². The third kappa shape index (κ3) is 51.4. The second-order valence-electron chi connectivity index (χ2n) is 21.4. The molecule has 0 aromatic carbocycles. The predicted molar refractivity (Wildman–Crippen MR) is 275 cm³/mol. The fourth-order valence-corrected chi connectivity index (χ4v) is 8.82. The smallest absolute Gasteiger partial charge is 0.306 e. The minimum absolute atomic E-state index is 0.0637. The lowest BCUT2D eigenvalue weighted by Gasteiger charge is -2.18. The summed E-state index contributed by atoms with van der Waals surface area (Å²) in [6.07, 6.45) is 50.9. The number of hydrogen-bond donors (Lipinski definition) is 0. The van der Waals surface area contributed by atoms with Gasteiger partial charge in [-0.2, -0.15) is 0 Å². The van der Waals surface area contributed by atoms with Crippen LogP contribution in [-0.2, 0) is 28.6 Å². The van der Waals surface area contributed by atoms with Gasteiger partial charge in [-0.25, -0.2) is 0 Å². The zero-order valence-electron chi connectivity index (χ0n) is 44.1. The first-order chi connectivity index (χ1) is 31.1. The van der Waals surface area contributed by atoms with E-state index in [9.17, 15) is 14.4 Å². The average Bonchev–Trinajstić information content (AvgIpc) is 3.25. The third-order valence-corrected chi connectivity index (χ3v) is 13.1. The summed E-state index contributed by atoms with van der Waals surface area (Å²) in [6, 6.07) is 0. The maximum Gasteiger partial charge on any atom is 0.306 e. The quantitative estimate of drug-likeness (QED) is 0.0344. The van der Waals surface area contributed by atoms with Crippen LogP contribution in [0.5, 0.6) is 0 Å². The van der Waals surface area contributed by atoms with Crippen molar-refractivity contribution in [1.82, 2.24) is 0 Å². The first-order valence-corrected chi connectivity index (χ1v) is 28.6. The Bertz CT molecular complexity index is 991. The Labute approximate surface area is 399 Å². The number of unbranched alkanes of at least 4 members (excludes halogenated alkanes) is 34. The van der Waals surface area contributed by atoms with Crippen molar-refractivity contribution in [2.24, 2.45) is 17.8 Å². The minimum Gasteiger partial charge on any atom is -0.462 e. The number of carbonyl (C=O) groups excluding carboxylic acids is 3. The van der Waals surface area contributed by atoms with Crippen LogP contribution >= 0.6 is 0 Å². The summed E-state index contributed by atoms with van der Waals surface area (Å²) in [6.45, 7) is 13.7. The third-order valence-electron chi connectivity index (χ3n) is 13.1. The van der Waals surface area contributed by atoms with E-state index in [1.807, 2.05) is 0 Å². The van der Waals surface area contributed by atoms with Crippen molar-refractivity contribution in [3.05, 3.63) is 0 Å². The zero-order chi connectivity index (χ0) is 47.0. The number of rotatable bonds is 51. The molecule has 0 aliphatic heterocycles. The SMILES string of the molecule is CC(C)CCCCCCCCCCCCCCCCC(=O)OC[C@H](COC(=O)CCCCCCCCCCCC(C)C)OC(=O)CCCCCCCCCCCCCCCCC(C)C. The highest BCUT2D eigenvalue weighted by Crippen LogP contribution is 2.18. The average molecular weight is 906 g/mol. The van der Waals surface area contributed by atoms with Gasteiger partial charge in [0.15, 0.2) is 6.10 Å². The summed E-state index contributed by atoms with van der Waals surface area (Å²) >= 11 is 0. The Morgan fingerprint density at radius 2 is 0.453 bits per heavy atom. The monoisotopic (exact) mass is 905 g/mol. The lowest BCUT2D eigenvalue weighted by Crippen LogP contribution is -2.30. The molecule has 64 heavy (non-hydrogen) atoms. The molecule has 0 aliphatic carbocycles. The zero-order valence-corrected chi connectivity index (χ0v) is 44.1. The van der Waals surface area contributed by atoms with Crippen LogP contribution in [-0.4, -0.2) is 37.2 Å². The first-order valence-electron chi connectivity index (χ1n) is 28.6. The lowest BCUT2D eigenvalue weighted by molar-refractivity contribution is -0.167. The molecule has 6 nitrogen and oxygen atoms in total. The van der Waals surface area contributed by atoms with Crippen LogP contribution in [0.2, 0.25) is 0 Å². The van der Waals surface area contributed by atoms with Crippen LogP contribution in [0.3, 0.4) is 0 Å². The van der Waals surface area contributed by atoms with Crippen molar-refractivity contribution in [3.8, 4) is 0 Å². The molecule has 0 aromatic rings. The molecule has 0 amide bonds. The van der Waals surface area contributed by atoms with Gasteiger partial charge in [-0.3, -0.25) is 14.4 Å². The summed E-state index contributed by atoms with van der Waals surface area (Å²) < 4.78 is 16.9. The van der Waals surface area contributed by atoms with Gasteiger partial charge in [-0.15, -0.1) is 0 Å². The highest BCUT2D eigenvalue weighted by Gasteiger charge is 2.19. The van der Waals surface area contributed by atoms with Crippen molar-refractivity contribution in [2.45, 2.75) is 324 Å². The molecule has 6 heteroatoms. The molecule has 0 unspecified atom stereocenters. The van der Waals surface area contributed by atoms with Gasteiger partial charge in [-0.05, 0) is 37.0 Å². The Balaban J connectivity index is 4.29. The highest BCUT2D eigenvalue weighted by atomic mass is 16.6. The molecule has 0 fully saturated rings. The van der Waals surface area contributed by atoms with Gasteiger partial charge in [0.1, 0.15) is 13.2 Å². The second kappa shape index (κ2) is 49.3. The minimum atomic E-state index is -0.763. The van der Waals surface area contributed by atoms with Crippen molar-refractivity contribution >= 4 is 17.9 Å². The van der Waals surface area contributed by atoms with E-state index in [4.69, 9.17) is 14.2 Å². The largest absolute Gasteiger partial charge is 0.462 e. The maximum atomic E-state index is 12.8. The Morgan fingerprint density at radius 1 is 0.266 bits per heavy atom. The lowest BCUT2D eigenvalue weighted by atomic mass is 10.0. The van der Waals surface area contributed by atoms with E-state index >= 15 is 0 Å². The molecule has 0 rings (SSSR count). The Hall–Kier alpha value is -1.59. The van der Waals surface area contributed by atoms with Crippen molar-refractivity contribution in [3.63, 3.8) is 0 Å². The van der Waals surface area contributed by atoms with Crippen molar-refractivity contribution in [1.29, 1.82) is 0 Å². The molecular formula is C58H112O6. The summed E-state index contributed by atoms with van der Waals surface area (Å²) in [4.78, 5) is 38.1. The van der Waals surface area contributed by atoms with Gasteiger partial charge in [0.2, 0.25) is 0 Å². The molecule has 0 aromatic heterocycles. The van der Waals surface area contributed by atoms with E-state index in [-0.39, 0.29) is 31.1 Å². The van der Waals surface area contributed by atoms with E-state index in [1.54, 1.807) is 0 Å². The van der Waals surface area contributed by atoms with Gasteiger partial charge < -0.3 is 14.2 Å². The summed E-state index contributed by atoms with van der Waals surface area (Å²) in [5.41, 5.74) is 0. The van der Waals surface area contributed by atoms with E-state index in [1.165, 1.54) is 199 Å². The molecule has 1 atom stereocenters. The Kier molecular flexibility index (Phi) is 48.1. The van der Waals surface area contributed by atoms with Gasteiger partial charge >= 0.3 is 17.9 Å². The molecule has 0 saturated heterocycles. The predicted octanol–water partition coefficient (Wildman–Crippen LogP) is 18.7. The molecule has 380 valence electrons. The van der Waals surface area contributed by atoms with Gasteiger partial charge in [0.05, 0.1) is 0 Å². The molecule has 0 aliphatic rings. The Morgan fingerprint density at radius 3 is 0.672 bits per heavy atom. The summed E-state index contributed by atoms with van der Waals surface area (Å²) in [5, 5.41) is 0. The number of esters is 3. The number of carbonyl (C=O) groups is 3. The number of ether oxygens (including phenoxy) is 3. The first kappa shape index (κ1) is 62.4. The number of hydrogen-bond acceptors (Lipinski definition) is 6.